The van der Waals surface area contributed by atoms with E-state index in [0.29, 0.717) is 32.4 Å². The molecular weight excluding hydrogens is 256 g/mol. The summed E-state index contributed by atoms with van der Waals surface area (Å²) in [4.78, 5) is 29.2. The first-order chi connectivity index (χ1) is 9.56. The van der Waals surface area contributed by atoms with Crippen molar-refractivity contribution >= 4 is 11.9 Å². The van der Waals surface area contributed by atoms with Gasteiger partial charge in [-0.2, -0.15) is 0 Å². The maximum absolute atomic E-state index is 12.2. The fourth-order valence-electron chi connectivity index (χ4n) is 2.67. The second-order valence-electron chi connectivity index (χ2n) is 5.50. The second-order valence-corrected chi connectivity index (χ2v) is 5.50. The van der Waals surface area contributed by atoms with Crippen LogP contribution >= 0.6 is 0 Å². The summed E-state index contributed by atoms with van der Waals surface area (Å²) in [5.74, 6) is -0.978. The third-order valence-corrected chi connectivity index (χ3v) is 3.68. The predicted octanol–water partition coefficient (Wildman–Crippen LogP) is 1.58. The zero-order valence-electron chi connectivity index (χ0n) is 11.7. The number of piperidine rings is 1. The lowest BCUT2D eigenvalue weighted by Crippen LogP contribution is -2.45. The molecule has 2 heterocycles. The molecule has 0 aromatic carbocycles. The number of carboxylic acid groups (broad SMARTS) is 1. The van der Waals surface area contributed by atoms with Gasteiger partial charge in [0.05, 0.1) is 5.92 Å². The Balaban J connectivity index is 1.90. The van der Waals surface area contributed by atoms with E-state index in [-0.39, 0.29) is 11.8 Å². The van der Waals surface area contributed by atoms with Crippen LogP contribution < -0.4 is 0 Å². The zero-order valence-corrected chi connectivity index (χ0v) is 11.7. The molecule has 2 atom stereocenters. The van der Waals surface area contributed by atoms with Crippen LogP contribution in [0.25, 0.3) is 0 Å². The Hall–Kier alpha value is -1.91. The molecule has 5 heteroatoms. The van der Waals surface area contributed by atoms with Gasteiger partial charge < -0.3 is 10.0 Å². The van der Waals surface area contributed by atoms with Crippen molar-refractivity contribution in [2.24, 2.45) is 11.8 Å². The summed E-state index contributed by atoms with van der Waals surface area (Å²) >= 11 is 0. The van der Waals surface area contributed by atoms with E-state index in [2.05, 4.69) is 4.98 Å². The molecular formula is C15H20N2O3. The van der Waals surface area contributed by atoms with E-state index >= 15 is 0 Å². The Labute approximate surface area is 118 Å². The number of hydrogen-bond acceptors (Lipinski definition) is 3. The number of aliphatic carboxylic acids is 1. The first-order valence-corrected chi connectivity index (χ1v) is 6.96. The Morgan fingerprint density at radius 3 is 2.85 bits per heavy atom. The van der Waals surface area contributed by atoms with Gasteiger partial charge >= 0.3 is 5.97 Å². The van der Waals surface area contributed by atoms with Crippen LogP contribution in [0.1, 0.15) is 25.5 Å². The van der Waals surface area contributed by atoms with Gasteiger partial charge in [0, 0.05) is 31.4 Å². The lowest BCUT2D eigenvalue weighted by Gasteiger charge is -2.34. The number of aryl methyl sites for hydroxylation is 1. The SMILES string of the molecule is CC1CC(C(=O)O)CN(C(=O)CCc2ccccn2)C1. The topological polar surface area (TPSA) is 70.5 Å². The van der Waals surface area contributed by atoms with Crippen molar-refractivity contribution in [2.45, 2.75) is 26.2 Å². The highest BCUT2D eigenvalue weighted by Crippen LogP contribution is 2.22. The van der Waals surface area contributed by atoms with Crippen LogP contribution in [0.15, 0.2) is 24.4 Å². The number of aromatic nitrogens is 1. The molecule has 1 N–H and O–H groups in total. The third kappa shape index (κ3) is 3.79. The summed E-state index contributed by atoms with van der Waals surface area (Å²) in [6.07, 6.45) is 3.35. The summed E-state index contributed by atoms with van der Waals surface area (Å²) < 4.78 is 0. The molecule has 1 aromatic rings. The van der Waals surface area contributed by atoms with Crippen LogP contribution in [-0.2, 0) is 16.0 Å². The zero-order chi connectivity index (χ0) is 14.5. The minimum atomic E-state index is -0.806. The maximum atomic E-state index is 12.2. The summed E-state index contributed by atoms with van der Waals surface area (Å²) in [5, 5.41) is 9.12. The van der Waals surface area contributed by atoms with Crippen LogP contribution in [-0.4, -0.2) is 40.0 Å². The molecule has 0 saturated carbocycles. The second kappa shape index (κ2) is 6.50. The fraction of sp³-hybridized carbons (Fsp3) is 0.533. The predicted molar refractivity (Wildman–Crippen MR) is 74.0 cm³/mol. The van der Waals surface area contributed by atoms with Crippen LogP contribution in [0.2, 0.25) is 0 Å². The van der Waals surface area contributed by atoms with Crippen molar-refractivity contribution in [3.8, 4) is 0 Å². The largest absolute Gasteiger partial charge is 0.481 e. The monoisotopic (exact) mass is 276 g/mol. The van der Waals surface area contributed by atoms with Gasteiger partial charge in [-0.15, -0.1) is 0 Å². The highest BCUT2D eigenvalue weighted by molar-refractivity contribution is 5.78. The fourth-order valence-corrected chi connectivity index (χ4v) is 2.67. The van der Waals surface area contributed by atoms with Crippen molar-refractivity contribution in [1.29, 1.82) is 0 Å². The molecule has 0 bridgehead atoms. The average molecular weight is 276 g/mol. The molecule has 0 radical (unpaired) electrons. The van der Waals surface area contributed by atoms with Gasteiger partial charge in [0.15, 0.2) is 0 Å². The normalized spacial score (nSPS) is 22.6. The molecule has 1 saturated heterocycles. The van der Waals surface area contributed by atoms with Crippen molar-refractivity contribution in [2.75, 3.05) is 13.1 Å². The first kappa shape index (κ1) is 14.5. The number of pyridine rings is 1. The van der Waals surface area contributed by atoms with Crippen LogP contribution in [0.3, 0.4) is 0 Å². The minimum Gasteiger partial charge on any atom is -0.481 e. The van der Waals surface area contributed by atoms with Gasteiger partial charge in [0.2, 0.25) is 5.91 Å². The summed E-state index contributed by atoms with van der Waals surface area (Å²) in [6, 6.07) is 5.64. The van der Waals surface area contributed by atoms with E-state index in [1.807, 2.05) is 25.1 Å². The summed E-state index contributed by atoms with van der Waals surface area (Å²) in [5.41, 5.74) is 0.890. The smallest absolute Gasteiger partial charge is 0.308 e. The number of likely N-dealkylation sites (tertiary alicyclic amines) is 1. The molecule has 108 valence electrons. The van der Waals surface area contributed by atoms with Crippen molar-refractivity contribution < 1.29 is 14.7 Å². The minimum absolute atomic E-state index is 0.0217. The molecule has 1 fully saturated rings. The molecule has 5 nitrogen and oxygen atoms in total. The van der Waals surface area contributed by atoms with E-state index in [0.717, 1.165) is 5.69 Å². The molecule has 0 spiro atoms. The van der Waals surface area contributed by atoms with Gasteiger partial charge in [0.25, 0.3) is 0 Å². The van der Waals surface area contributed by atoms with Gasteiger partial charge in [-0.25, -0.2) is 0 Å². The Bertz CT molecular complexity index is 475. The van der Waals surface area contributed by atoms with Crippen molar-refractivity contribution in [1.82, 2.24) is 9.88 Å². The summed E-state index contributed by atoms with van der Waals surface area (Å²) in [6.45, 7) is 2.99. The van der Waals surface area contributed by atoms with Crippen molar-refractivity contribution in [3.05, 3.63) is 30.1 Å². The summed E-state index contributed by atoms with van der Waals surface area (Å²) in [7, 11) is 0. The molecule has 1 aromatic heterocycles. The molecule has 20 heavy (non-hydrogen) atoms. The van der Waals surface area contributed by atoms with Crippen LogP contribution in [0, 0.1) is 11.8 Å². The first-order valence-electron chi connectivity index (χ1n) is 6.96. The molecule has 1 amide bonds. The number of amides is 1. The number of carbonyl (C=O) groups is 2. The van der Waals surface area contributed by atoms with Gasteiger partial charge in [-0.1, -0.05) is 13.0 Å². The lowest BCUT2D eigenvalue weighted by atomic mass is 9.90. The number of rotatable bonds is 4. The van der Waals surface area contributed by atoms with E-state index in [1.165, 1.54) is 0 Å². The van der Waals surface area contributed by atoms with E-state index in [4.69, 9.17) is 5.11 Å². The number of carboxylic acids is 1. The number of hydrogen-bond donors (Lipinski definition) is 1. The number of carbonyl (C=O) groups excluding carboxylic acids is 1. The van der Waals surface area contributed by atoms with Crippen LogP contribution in [0.4, 0.5) is 0 Å². The Morgan fingerprint density at radius 1 is 1.40 bits per heavy atom. The van der Waals surface area contributed by atoms with E-state index < -0.39 is 11.9 Å². The molecule has 2 rings (SSSR count). The third-order valence-electron chi connectivity index (χ3n) is 3.68. The molecule has 1 aliphatic heterocycles. The average Bonchev–Trinajstić information content (AvgIpc) is 2.45. The van der Waals surface area contributed by atoms with Gasteiger partial charge in [0.1, 0.15) is 0 Å². The maximum Gasteiger partial charge on any atom is 0.308 e. The molecule has 0 aliphatic carbocycles. The highest BCUT2D eigenvalue weighted by atomic mass is 16.4. The van der Waals surface area contributed by atoms with Gasteiger partial charge in [-0.05, 0) is 30.9 Å². The Morgan fingerprint density at radius 2 is 2.20 bits per heavy atom. The van der Waals surface area contributed by atoms with Crippen LogP contribution in [0.5, 0.6) is 0 Å². The molecule has 2 unspecified atom stereocenters. The highest BCUT2D eigenvalue weighted by Gasteiger charge is 2.31. The Kier molecular flexibility index (Phi) is 4.71. The van der Waals surface area contributed by atoms with Gasteiger partial charge in [-0.3, -0.25) is 14.6 Å². The standard InChI is InChI=1S/C15H20N2O3/c1-11-8-12(15(19)20)10-17(9-11)14(18)6-5-13-4-2-3-7-16-13/h2-4,7,11-12H,5-6,8-10H2,1H3,(H,19,20). The number of nitrogens with zero attached hydrogens (tertiary/aromatic N) is 2. The van der Waals surface area contributed by atoms with Crippen molar-refractivity contribution in [3.63, 3.8) is 0 Å². The van der Waals surface area contributed by atoms with E-state index in [9.17, 15) is 9.59 Å². The molecule has 1 aliphatic rings. The van der Waals surface area contributed by atoms with E-state index in [1.54, 1.807) is 11.1 Å². The lowest BCUT2D eigenvalue weighted by molar-refractivity contribution is -0.146. The quantitative estimate of drug-likeness (QED) is 0.906.